The number of cyclic esters (lactones) is 2. The van der Waals surface area contributed by atoms with E-state index in [0.29, 0.717) is 24.7 Å². The number of hydrogen-bond acceptors (Lipinski definition) is 8. The van der Waals surface area contributed by atoms with Gasteiger partial charge in [0.15, 0.2) is 5.41 Å². The molecule has 1 aromatic carbocycles. The number of ether oxygens (including phenoxy) is 2. The number of carbonyl (C=O) groups is 2. The molecule has 1 unspecified atom stereocenters. The van der Waals surface area contributed by atoms with E-state index in [-0.39, 0.29) is 12.1 Å². The number of anilines is 1. The van der Waals surface area contributed by atoms with Gasteiger partial charge in [-0.05, 0) is 24.5 Å². The summed E-state index contributed by atoms with van der Waals surface area (Å²) in [5.74, 6) is -2.53. The van der Waals surface area contributed by atoms with Crippen LogP contribution < -0.4 is 4.90 Å². The number of nitro groups is 1. The topological polar surface area (TPSA) is 102 Å². The van der Waals surface area contributed by atoms with Crippen molar-refractivity contribution in [3.63, 3.8) is 0 Å². The van der Waals surface area contributed by atoms with Crippen LogP contribution in [-0.2, 0) is 25.5 Å². The van der Waals surface area contributed by atoms with Crippen LogP contribution in [0, 0.1) is 15.5 Å². The minimum atomic E-state index is -1.53. The van der Waals surface area contributed by atoms with Gasteiger partial charge in [-0.3, -0.25) is 24.6 Å². The number of rotatable bonds is 2. The molecule has 0 bridgehead atoms. The van der Waals surface area contributed by atoms with Crippen LogP contribution in [-0.4, -0.2) is 59.3 Å². The Hall–Kier alpha value is -2.68. The Kier molecular flexibility index (Phi) is 4.51. The molecule has 3 aliphatic heterocycles. The Morgan fingerprint density at radius 2 is 1.77 bits per heavy atom. The Bertz CT molecular complexity index is 935. The summed E-state index contributed by atoms with van der Waals surface area (Å²) in [6.45, 7) is 5.11. The second-order valence-electron chi connectivity index (χ2n) is 9.54. The summed E-state index contributed by atoms with van der Waals surface area (Å²) < 4.78 is 11.2. The molecule has 1 saturated carbocycles. The largest absolute Gasteiger partial charge is 0.422 e. The Morgan fingerprint density at radius 3 is 2.42 bits per heavy atom. The molecule has 9 nitrogen and oxygen atoms in total. The fourth-order valence-electron chi connectivity index (χ4n) is 5.79. The zero-order chi connectivity index (χ0) is 22.0. The minimum absolute atomic E-state index is 0.0391. The molecule has 5 rings (SSSR count). The first kappa shape index (κ1) is 20.2. The molecule has 1 aromatic rings. The van der Waals surface area contributed by atoms with Crippen LogP contribution in [0.4, 0.5) is 11.4 Å². The van der Waals surface area contributed by atoms with E-state index in [9.17, 15) is 19.7 Å². The lowest BCUT2D eigenvalue weighted by Gasteiger charge is -2.55. The van der Waals surface area contributed by atoms with Crippen LogP contribution in [0.1, 0.15) is 45.1 Å². The minimum Gasteiger partial charge on any atom is -0.422 e. The number of fused-ring (bicyclic) bond motifs is 4. The Balaban J connectivity index is 1.60. The molecule has 1 spiro atoms. The number of hydrogen-bond donors (Lipinski definition) is 0. The quantitative estimate of drug-likeness (QED) is 0.306. The summed E-state index contributed by atoms with van der Waals surface area (Å²) in [5.41, 5.74) is -0.143. The van der Waals surface area contributed by atoms with E-state index in [1.807, 2.05) is 0 Å². The van der Waals surface area contributed by atoms with Crippen molar-refractivity contribution in [3.8, 4) is 0 Å². The fourth-order valence-corrected chi connectivity index (χ4v) is 5.79. The van der Waals surface area contributed by atoms with Gasteiger partial charge >= 0.3 is 11.9 Å². The first-order valence-electron chi connectivity index (χ1n) is 11.0. The molecule has 2 saturated heterocycles. The number of nitrogens with zero attached hydrogens (tertiary/aromatic N) is 3. The second kappa shape index (κ2) is 6.91. The van der Waals surface area contributed by atoms with Crippen molar-refractivity contribution < 1.29 is 24.0 Å². The molecule has 0 amide bonds. The van der Waals surface area contributed by atoms with Gasteiger partial charge in [0.25, 0.3) is 11.5 Å². The number of benzene rings is 1. The predicted molar refractivity (Wildman–Crippen MR) is 110 cm³/mol. The van der Waals surface area contributed by atoms with Crippen LogP contribution in [0.15, 0.2) is 18.2 Å². The zero-order valence-corrected chi connectivity index (χ0v) is 17.8. The van der Waals surface area contributed by atoms with Crippen LogP contribution in [0.25, 0.3) is 0 Å². The first-order chi connectivity index (χ1) is 14.7. The molecule has 1 aliphatic carbocycles. The van der Waals surface area contributed by atoms with Crippen molar-refractivity contribution in [2.24, 2.45) is 5.41 Å². The number of carbonyl (C=O) groups excluding carboxylic acids is 2. The third kappa shape index (κ3) is 3.09. The highest BCUT2D eigenvalue weighted by atomic mass is 16.7. The molecule has 4 aliphatic rings. The molecule has 1 atom stereocenters. The smallest absolute Gasteiger partial charge is 0.329 e. The van der Waals surface area contributed by atoms with Gasteiger partial charge in [-0.1, -0.05) is 12.8 Å². The maximum atomic E-state index is 13.4. The van der Waals surface area contributed by atoms with Crippen LogP contribution >= 0.6 is 0 Å². The Morgan fingerprint density at radius 1 is 1.10 bits per heavy atom. The second-order valence-corrected chi connectivity index (χ2v) is 9.54. The average molecular weight is 429 g/mol. The third-order valence-corrected chi connectivity index (χ3v) is 7.28. The summed E-state index contributed by atoms with van der Waals surface area (Å²) in [5, 5.41) is 11.3. The molecule has 0 radical (unpaired) electrons. The molecule has 0 N–H and O–H groups in total. The highest BCUT2D eigenvalue weighted by Crippen LogP contribution is 2.48. The van der Waals surface area contributed by atoms with Crippen molar-refractivity contribution in [2.75, 3.05) is 24.5 Å². The molecule has 166 valence electrons. The van der Waals surface area contributed by atoms with Gasteiger partial charge in [-0.15, -0.1) is 0 Å². The number of nitro benzene ring substituents is 1. The molecule has 0 aromatic heterocycles. The van der Waals surface area contributed by atoms with Gasteiger partial charge in [-0.2, -0.15) is 0 Å². The lowest BCUT2D eigenvalue weighted by atomic mass is 9.69. The maximum Gasteiger partial charge on any atom is 0.329 e. The number of non-ortho nitro benzene ring substituents is 1. The third-order valence-electron chi connectivity index (χ3n) is 7.28. The standard InChI is InChI=1S/C22H27N3O6/c1-21(2)30-19(26)22(20(27)31-21)12-14-11-16(25(28)29)7-8-17(14)24-10-9-23(13-18(22)24)15-5-3-4-6-15/h7-8,11,15,18H,3-6,9-10,12-13H2,1-2H3. The van der Waals surface area contributed by atoms with Crippen molar-refractivity contribution in [2.45, 2.75) is 63.8 Å². The number of esters is 2. The number of piperazine rings is 1. The molecular weight excluding hydrogens is 402 g/mol. The van der Waals surface area contributed by atoms with Gasteiger partial charge in [0.05, 0.1) is 11.0 Å². The molecule has 9 heteroatoms. The normalized spacial score (nSPS) is 27.4. The van der Waals surface area contributed by atoms with E-state index in [1.54, 1.807) is 19.9 Å². The van der Waals surface area contributed by atoms with Gasteiger partial charge in [0.1, 0.15) is 0 Å². The predicted octanol–water partition coefficient (Wildman–Crippen LogP) is 2.41. The van der Waals surface area contributed by atoms with Crippen LogP contribution in [0.3, 0.4) is 0 Å². The van der Waals surface area contributed by atoms with E-state index < -0.39 is 34.1 Å². The van der Waals surface area contributed by atoms with Crippen LogP contribution in [0.5, 0.6) is 0 Å². The van der Waals surface area contributed by atoms with Gasteiger partial charge in [0.2, 0.25) is 0 Å². The molecule has 3 fully saturated rings. The highest BCUT2D eigenvalue weighted by Gasteiger charge is 2.65. The van der Waals surface area contributed by atoms with Gasteiger partial charge < -0.3 is 14.4 Å². The molecular formula is C22H27N3O6. The van der Waals surface area contributed by atoms with E-state index in [0.717, 1.165) is 25.1 Å². The van der Waals surface area contributed by atoms with Crippen molar-refractivity contribution >= 4 is 23.3 Å². The SMILES string of the molecule is CC1(C)OC(=O)C2(Cc3cc([N+](=O)[O-])ccc3N3CCN(C4CCCC4)CC32)C(=O)O1. The molecule has 31 heavy (non-hydrogen) atoms. The van der Waals surface area contributed by atoms with Crippen molar-refractivity contribution in [1.82, 2.24) is 4.90 Å². The van der Waals surface area contributed by atoms with E-state index in [2.05, 4.69) is 9.80 Å². The lowest BCUT2D eigenvalue weighted by Crippen LogP contribution is -2.71. The van der Waals surface area contributed by atoms with Crippen molar-refractivity contribution in [3.05, 3.63) is 33.9 Å². The van der Waals surface area contributed by atoms with Crippen molar-refractivity contribution in [1.29, 1.82) is 0 Å². The van der Waals surface area contributed by atoms with E-state index >= 15 is 0 Å². The summed E-state index contributed by atoms with van der Waals surface area (Å²) in [7, 11) is 0. The zero-order valence-electron chi connectivity index (χ0n) is 17.8. The van der Waals surface area contributed by atoms with E-state index in [1.165, 1.54) is 25.0 Å². The molecule has 3 heterocycles. The highest BCUT2D eigenvalue weighted by molar-refractivity contribution is 6.04. The van der Waals surface area contributed by atoms with Gasteiger partial charge in [-0.25, -0.2) is 0 Å². The summed E-state index contributed by atoms with van der Waals surface area (Å²) >= 11 is 0. The maximum absolute atomic E-state index is 13.4. The fraction of sp³-hybridized carbons (Fsp3) is 0.636. The summed E-state index contributed by atoms with van der Waals surface area (Å²) in [6.07, 6.45) is 4.70. The first-order valence-corrected chi connectivity index (χ1v) is 11.0. The summed E-state index contributed by atoms with van der Waals surface area (Å²) in [4.78, 5) is 42.2. The summed E-state index contributed by atoms with van der Waals surface area (Å²) in [6, 6.07) is 4.72. The lowest BCUT2D eigenvalue weighted by molar-refractivity contribution is -0.384. The van der Waals surface area contributed by atoms with Gasteiger partial charge in [0, 0.05) is 63.8 Å². The monoisotopic (exact) mass is 429 g/mol. The van der Waals surface area contributed by atoms with E-state index in [4.69, 9.17) is 9.47 Å². The van der Waals surface area contributed by atoms with Crippen LogP contribution in [0.2, 0.25) is 0 Å². The Labute approximate surface area is 180 Å². The average Bonchev–Trinajstić information content (AvgIpc) is 3.25.